The molecular formula is C20H21N3O4. The lowest BCUT2D eigenvalue weighted by Crippen LogP contribution is -2.36. The van der Waals surface area contributed by atoms with E-state index in [9.17, 15) is 4.79 Å². The maximum absolute atomic E-state index is 12.2. The molecular weight excluding hydrogens is 346 g/mol. The Morgan fingerprint density at radius 1 is 1.22 bits per heavy atom. The zero-order chi connectivity index (χ0) is 19.2. The summed E-state index contributed by atoms with van der Waals surface area (Å²) in [6.07, 6.45) is -0.646. The lowest BCUT2D eigenvalue weighted by Gasteiger charge is -2.15. The van der Waals surface area contributed by atoms with E-state index in [1.54, 1.807) is 14.0 Å². The van der Waals surface area contributed by atoms with Crippen LogP contribution in [0.3, 0.4) is 0 Å². The molecule has 0 aliphatic rings. The molecule has 140 valence electrons. The van der Waals surface area contributed by atoms with E-state index < -0.39 is 6.10 Å². The number of aromatic nitrogens is 2. The van der Waals surface area contributed by atoms with Crippen molar-refractivity contribution in [1.82, 2.24) is 15.5 Å². The molecule has 1 heterocycles. The number of hydrogen-bond acceptors (Lipinski definition) is 6. The first-order valence-electron chi connectivity index (χ1n) is 8.54. The molecule has 0 radical (unpaired) electrons. The Balaban J connectivity index is 1.57. The molecule has 3 rings (SSSR count). The van der Waals surface area contributed by atoms with Gasteiger partial charge in [0.05, 0.1) is 13.7 Å². The number of nitrogens with zero attached hydrogens (tertiary/aromatic N) is 2. The molecule has 2 aromatic carbocycles. The summed E-state index contributed by atoms with van der Waals surface area (Å²) in [7, 11) is 1.59. The molecule has 0 aliphatic carbocycles. The van der Waals surface area contributed by atoms with Crippen molar-refractivity contribution in [3.05, 3.63) is 60.0 Å². The van der Waals surface area contributed by atoms with Gasteiger partial charge in [-0.2, -0.15) is 4.98 Å². The Kier molecular flexibility index (Phi) is 5.71. The fraction of sp³-hybridized carbons (Fsp3) is 0.250. The van der Waals surface area contributed by atoms with Gasteiger partial charge in [-0.15, -0.1) is 0 Å². The molecule has 0 aliphatic heterocycles. The number of benzene rings is 2. The minimum Gasteiger partial charge on any atom is -0.497 e. The van der Waals surface area contributed by atoms with Gasteiger partial charge in [0.2, 0.25) is 11.7 Å². The number of methoxy groups -OCH3 is 1. The largest absolute Gasteiger partial charge is 0.497 e. The van der Waals surface area contributed by atoms with E-state index in [-0.39, 0.29) is 12.5 Å². The summed E-state index contributed by atoms with van der Waals surface area (Å²) >= 11 is 0. The van der Waals surface area contributed by atoms with Crippen molar-refractivity contribution in [2.75, 3.05) is 7.11 Å². The van der Waals surface area contributed by atoms with Gasteiger partial charge in [-0.05, 0) is 37.6 Å². The highest BCUT2D eigenvalue weighted by Gasteiger charge is 2.17. The minimum absolute atomic E-state index is 0.122. The Hall–Kier alpha value is -3.35. The lowest BCUT2D eigenvalue weighted by atomic mass is 10.2. The first-order valence-corrected chi connectivity index (χ1v) is 8.54. The summed E-state index contributed by atoms with van der Waals surface area (Å²) in [4.78, 5) is 16.5. The Labute approximate surface area is 157 Å². The number of carbonyl (C=O) groups excluding carboxylic acids is 1. The van der Waals surface area contributed by atoms with Crippen LogP contribution in [0.15, 0.2) is 53.1 Å². The molecule has 0 saturated carbocycles. The second-order valence-electron chi connectivity index (χ2n) is 5.99. The second-order valence-corrected chi connectivity index (χ2v) is 5.99. The molecule has 7 heteroatoms. The van der Waals surface area contributed by atoms with Crippen LogP contribution in [0, 0.1) is 6.92 Å². The minimum atomic E-state index is -0.646. The number of para-hydroxylation sites is 1. The van der Waals surface area contributed by atoms with E-state index in [1.807, 2.05) is 55.5 Å². The summed E-state index contributed by atoms with van der Waals surface area (Å²) in [5.41, 5.74) is 1.74. The predicted octanol–water partition coefficient (Wildman–Crippen LogP) is 3.14. The van der Waals surface area contributed by atoms with Crippen LogP contribution in [0.25, 0.3) is 11.4 Å². The predicted molar refractivity (Wildman–Crippen MR) is 99.4 cm³/mol. The fourth-order valence-corrected chi connectivity index (χ4v) is 2.45. The molecule has 0 bridgehead atoms. The normalized spacial score (nSPS) is 11.7. The number of hydrogen-bond donors (Lipinski definition) is 1. The van der Waals surface area contributed by atoms with Crippen LogP contribution in [-0.2, 0) is 11.3 Å². The van der Waals surface area contributed by atoms with Crippen molar-refractivity contribution in [3.8, 4) is 22.9 Å². The van der Waals surface area contributed by atoms with E-state index in [0.29, 0.717) is 23.2 Å². The van der Waals surface area contributed by atoms with Crippen LogP contribution in [0.4, 0.5) is 0 Å². The Morgan fingerprint density at radius 3 is 2.81 bits per heavy atom. The van der Waals surface area contributed by atoms with E-state index in [4.69, 9.17) is 14.0 Å². The molecule has 0 saturated heterocycles. The average Bonchev–Trinajstić information content (AvgIpc) is 3.17. The van der Waals surface area contributed by atoms with E-state index in [1.165, 1.54) is 0 Å². The highest BCUT2D eigenvalue weighted by atomic mass is 16.5. The third-order valence-corrected chi connectivity index (χ3v) is 3.98. The van der Waals surface area contributed by atoms with Crippen molar-refractivity contribution >= 4 is 5.91 Å². The molecule has 27 heavy (non-hydrogen) atoms. The Morgan fingerprint density at radius 2 is 2.04 bits per heavy atom. The van der Waals surface area contributed by atoms with Crippen LogP contribution in [0.2, 0.25) is 0 Å². The van der Waals surface area contributed by atoms with Crippen LogP contribution >= 0.6 is 0 Å². The number of ether oxygens (including phenoxy) is 2. The van der Waals surface area contributed by atoms with E-state index in [2.05, 4.69) is 15.5 Å². The highest BCUT2D eigenvalue weighted by molar-refractivity contribution is 5.80. The van der Waals surface area contributed by atoms with Crippen LogP contribution in [-0.4, -0.2) is 29.3 Å². The van der Waals surface area contributed by atoms with Gasteiger partial charge in [-0.25, -0.2) is 0 Å². The second kappa shape index (κ2) is 8.35. The van der Waals surface area contributed by atoms with Gasteiger partial charge in [0.25, 0.3) is 5.91 Å². The third-order valence-electron chi connectivity index (χ3n) is 3.98. The molecule has 1 amide bonds. The molecule has 0 fully saturated rings. The van der Waals surface area contributed by atoms with Gasteiger partial charge in [0, 0.05) is 5.56 Å². The highest BCUT2D eigenvalue weighted by Crippen LogP contribution is 2.21. The number of rotatable bonds is 7. The van der Waals surface area contributed by atoms with Gasteiger partial charge in [-0.1, -0.05) is 35.5 Å². The van der Waals surface area contributed by atoms with Crippen LogP contribution in [0.1, 0.15) is 18.4 Å². The van der Waals surface area contributed by atoms with Crippen molar-refractivity contribution in [3.63, 3.8) is 0 Å². The van der Waals surface area contributed by atoms with Gasteiger partial charge in [0.15, 0.2) is 6.10 Å². The molecule has 0 unspecified atom stereocenters. The standard InChI is InChI=1S/C20H21N3O4/c1-13-7-4-5-10-17(13)26-14(2)20(24)21-12-18-22-19(23-27-18)15-8-6-9-16(11-15)25-3/h4-11,14H,12H2,1-3H3,(H,21,24)/t14-/m1/s1. The van der Waals surface area contributed by atoms with Crippen LogP contribution in [0.5, 0.6) is 11.5 Å². The van der Waals surface area contributed by atoms with Gasteiger partial charge < -0.3 is 19.3 Å². The van der Waals surface area contributed by atoms with Crippen molar-refractivity contribution in [2.45, 2.75) is 26.5 Å². The quantitative estimate of drug-likeness (QED) is 0.690. The van der Waals surface area contributed by atoms with Crippen molar-refractivity contribution < 1.29 is 18.8 Å². The summed E-state index contributed by atoms with van der Waals surface area (Å²) in [5, 5.41) is 6.68. The summed E-state index contributed by atoms with van der Waals surface area (Å²) in [5.74, 6) is 1.86. The smallest absolute Gasteiger partial charge is 0.261 e. The lowest BCUT2D eigenvalue weighted by molar-refractivity contribution is -0.127. The van der Waals surface area contributed by atoms with Crippen molar-refractivity contribution in [2.24, 2.45) is 0 Å². The van der Waals surface area contributed by atoms with Crippen LogP contribution < -0.4 is 14.8 Å². The average molecular weight is 367 g/mol. The SMILES string of the molecule is COc1cccc(-c2noc(CNC(=O)[C@@H](C)Oc3ccccc3C)n2)c1. The zero-order valence-corrected chi connectivity index (χ0v) is 15.4. The molecule has 1 atom stereocenters. The fourth-order valence-electron chi connectivity index (χ4n) is 2.45. The number of nitrogens with one attached hydrogen (secondary N) is 1. The van der Waals surface area contributed by atoms with Gasteiger partial charge >= 0.3 is 0 Å². The number of carbonyl (C=O) groups is 1. The van der Waals surface area contributed by atoms with E-state index in [0.717, 1.165) is 11.1 Å². The summed E-state index contributed by atoms with van der Waals surface area (Å²) in [6.45, 7) is 3.74. The molecule has 1 aromatic heterocycles. The van der Waals surface area contributed by atoms with Crippen molar-refractivity contribution in [1.29, 1.82) is 0 Å². The van der Waals surface area contributed by atoms with Gasteiger partial charge in [-0.3, -0.25) is 4.79 Å². The number of aryl methyl sites for hydroxylation is 1. The first kappa shape index (κ1) is 18.4. The summed E-state index contributed by atoms with van der Waals surface area (Å²) < 4.78 is 16.1. The Bertz CT molecular complexity index is 923. The maximum atomic E-state index is 12.2. The van der Waals surface area contributed by atoms with E-state index >= 15 is 0 Å². The number of amides is 1. The molecule has 3 aromatic rings. The molecule has 0 spiro atoms. The zero-order valence-electron chi connectivity index (χ0n) is 15.4. The van der Waals surface area contributed by atoms with Gasteiger partial charge in [0.1, 0.15) is 11.5 Å². The monoisotopic (exact) mass is 367 g/mol. The molecule has 7 nitrogen and oxygen atoms in total. The topological polar surface area (TPSA) is 86.5 Å². The summed E-state index contributed by atoms with van der Waals surface area (Å²) in [6, 6.07) is 14.9. The first-order chi connectivity index (χ1) is 13.1. The third kappa shape index (κ3) is 4.63. The maximum Gasteiger partial charge on any atom is 0.261 e. The molecule has 1 N–H and O–H groups in total.